The largest absolute Gasteiger partial charge is 0.343 e. The first-order valence-electron chi connectivity index (χ1n) is 6.99. The smallest absolute Gasteiger partial charge is 0.222 e. The van der Waals surface area contributed by atoms with Crippen molar-refractivity contribution in [3.8, 4) is 0 Å². The lowest BCUT2D eigenvalue weighted by molar-refractivity contribution is -0.132. The van der Waals surface area contributed by atoms with E-state index in [1.54, 1.807) is 11.9 Å². The predicted molar refractivity (Wildman–Crippen MR) is 73.3 cm³/mol. The van der Waals surface area contributed by atoms with E-state index in [1.807, 2.05) is 0 Å². The maximum Gasteiger partial charge on any atom is 0.222 e. The van der Waals surface area contributed by atoms with Crippen LogP contribution in [0.1, 0.15) is 24.8 Å². The zero-order chi connectivity index (χ0) is 14.5. The number of rotatable bonds is 4. The maximum atomic E-state index is 13.5. The van der Waals surface area contributed by atoms with Crippen LogP contribution in [0.4, 0.5) is 8.78 Å². The maximum absolute atomic E-state index is 13.5. The minimum Gasteiger partial charge on any atom is -0.343 e. The molecule has 0 unspecified atom stereocenters. The Bertz CT molecular complexity index is 473. The number of nitrogens with zero attached hydrogens (tertiary/aromatic N) is 1. The van der Waals surface area contributed by atoms with E-state index in [-0.39, 0.29) is 30.4 Å². The molecule has 1 aromatic rings. The molecule has 1 saturated heterocycles. The fourth-order valence-electron chi connectivity index (χ4n) is 2.56. The Kier molecular flexibility index (Phi) is 5.06. The summed E-state index contributed by atoms with van der Waals surface area (Å²) in [4.78, 5) is 13.8. The van der Waals surface area contributed by atoms with Crippen LogP contribution in [-0.4, -0.2) is 37.0 Å². The molecule has 1 heterocycles. The zero-order valence-electron chi connectivity index (χ0n) is 11.7. The quantitative estimate of drug-likeness (QED) is 0.917. The summed E-state index contributed by atoms with van der Waals surface area (Å²) in [6.07, 6.45) is 2.33. The molecule has 1 aromatic carbocycles. The van der Waals surface area contributed by atoms with Crippen molar-refractivity contribution in [2.24, 2.45) is 0 Å². The summed E-state index contributed by atoms with van der Waals surface area (Å²) >= 11 is 0. The van der Waals surface area contributed by atoms with Gasteiger partial charge in [0.1, 0.15) is 0 Å². The van der Waals surface area contributed by atoms with Gasteiger partial charge in [0, 0.05) is 19.5 Å². The highest BCUT2D eigenvalue weighted by atomic mass is 19.2. The summed E-state index contributed by atoms with van der Waals surface area (Å²) in [7, 11) is 1.79. The van der Waals surface area contributed by atoms with Crippen molar-refractivity contribution < 1.29 is 13.6 Å². The molecule has 0 aliphatic carbocycles. The van der Waals surface area contributed by atoms with Gasteiger partial charge in [-0.25, -0.2) is 8.78 Å². The highest BCUT2D eigenvalue weighted by Crippen LogP contribution is 2.15. The molecular weight excluding hydrogens is 262 g/mol. The van der Waals surface area contributed by atoms with Crippen LogP contribution in [0.2, 0.25) is 0 Å². The van der Waals surface area contributed by atoms with Gasteiger partial charge in [0.05, 0.1) is 0 Å². The number of hydrogen-bond donors (Lipinski definition) is 1. The Balaban J connectivity index is 1.89. The molecule has 0 bridgehead atoms. The van der Waals surface area contributed by atoms with Crippen molar-refractivity contribution in [2.75, 3.05) is 20.1 Å². The normalized spacial score (nSPS) is 16.1. The van der Waals surface area contributed by atoms with E-state index in [1.165, 1.54) is 12.1 Å². The molecular formula is C15H20F2N2O. The monoisotopic (exact) mass is 282 g/mol. The van der Waals surface area contributed by atoms with E-state index in [4.69, 9.17) is 0 Å². The highest BCUT2D eigenvalue weighted by molar-refractivity contribution is 5.76. The molecule has 2 rings (SSSR count). The van der Waals surface area contributed by atoms with Crippen molar-refractivity contribution in [2.45, 2.75) is 31.7 Å². The van der Waals surface area contributed by atoms with Crippen molar-refractivity contribution in [3.63, 3.8) is 0 Å². The second kappa shape index (κ2) is 6.79. The average molecular weight is 282 g/mol. The standard InChI is InChI=1S/C15H20F2N2O/c1-19(12-7-9-18-10-8-12)14(20)6-5-11-3-2-4-13(16)15(11)17/h2-4,12,18H,5-10H2,1H3. The third-order valence-corrected chi connectivity index (χ3v) is 3.89. The van der Waals surface area contributed by atoms with Crippen LogP contribution in [0.3, 0.4) is 0 Å². The summed E-state index contributed by atoms with van der Waals surface area (Å²) in [5, 5.41) is 3.25. The molecule has 3 nitrogen and oxygen atoms in total. The molecule has 1 N–H and O–H groups in total. The van der Waals surface area contributed by atoms with E-state index >= 15 is 0 Å². The summed E-state index contributed by atoms with van der Waals surface area (Å²) in [6.45, 7) is 1.83. The minimum absolute atomic E-state index is 0.0134. The number of carbonyl (C=O) groups excluding carboxylic acids is 1. The fraction of sp³-hybridized carbons (Fsp3) is 0.533. The second-order valence-electron chi connectivity index (χ2n) is 5.20. The predicted octanol–water partition coefficient (Wildman–Crippen LogP) is 2.11. The topological polar surface area (TPSA) is 32.3 Å². The molecule has 0 saturated carbocycles. The Morgan fingerprint density at radius 3 is 2.75 bits per heavy atom. The van der Waals surface area contributed by atoms with Gasteiger partial charge in [-0.2, -0.15) is 0 Å². The molecule has 0 aromatic heterocycles. The number of nitrogens with one attached hydrogen (secondary N) is 1. The van der Waals surface area contributed by atoms with Crippen LogP contribution in [0, 0.1) is 11.6 Å². The summed E-state index contributed by atoms with van der Waals surface area (Å²) in [5.41, 5.74) is 0.261. The molecule has 0 radical (unpaired) electrons. The van der Waals surface area contributed by atoms with Gasteiger partial charge in [-0.3, -0.25) is 4.79 Å². The lowest BCUT2D eigenvalue weighted by Crippen LogP contribution is -2.44. The van der Waals surface area contributed by atoms with Crippen LogP contribution in [0.25, 0.3) is 0 Å². The number of benzene rings is 1. The first-order valence-corrected chi connectivity index (χ1v) is 6.99. The molecule has 110 valence electrons. The van der Waals surface area contributed by atoms with Gasteiger partial charge in [-0.05, 0) is 44.0 Å². The Labute approximate surface area is 118 Å². The molecule has 5 heteroatoms. The van der Waals surface area contributed by atoms with Crippen molar-refractivity contribution in [3.05, 3.63) is 35.4 Å². The number of aryl methyl sites for hydroxylation is 1. The van der Waals surface area contributed by atoms with Gasteiger partial charge in [-0.15, -0.1) is 0 Å². The summed E-state index contributed by atoms with van der Waals surface area (Å²) < 4.78 is 26.6. The van der Waals surface area contributed by atoms with E-state index in [2.05, 4.69) is 5.32 Å². The average Bonchev–Trinajstić information content (AvgIpc) is 2.48. The first-order chi connectivity index (χ1) is 9.59. The van der Waals surface area contributed by atoms with Gasteiger partial charge in [0.25, 0.3) is 0 Å². The van der Waals surface area contributed by atoms with Crippen molar-refractivity contribution >= 4 is 5.91 Å². The van der Waals surface area contributed by atoms with Gasteiger partial charge in [0.15, 0.2) is 11.6 Å². The van der Waals surface area contributed by atoms with Gasteiger partial charge in [0.2, 0.25) is 5.91 Å². The van der Waals surface area contributed by atoms with E-state index in [0.29, 0.717) is 0 Å². The van der Waals surface area contributed by atoms with E-state index in [9.17, 15) is 13.6 Å². The van der Waals surface area contributed by atoms with Gasteiger partial charge >= 0.3 is 0 Å². The highest BCUT2D eigenvalue weighted by Gasteiger charge is 2.21. The van der Waals surface area contributed by atoms with Crippen LogP contribution >= 0.6 is 0 Å². The van der Waals surface area contributed by atoms with E-state index < -0.39 is 11.6 Å². The first kappa shape index (κ1) is 14.9. The fourth-order valence-corrected chi connectivity index (χ4v) is 2.56. The second-order valence-corrected chi connectivity index (χ2v) is 5.20. The van der Waals surface area contributed by atoms with Crippen LogP contribution < -0.4 is 5.32 Å². The Morgan fingerprint density at radius 2 is 2.05 bits per heavy atom. The number of hydrogen-bond acceptors (Lipinski definition) is 2. The Hall–Kier alpha value is -1.49. The lowest BCUT2D eigenvalue weighted by Gasteiger charge is -2.31. The summed E-state index contributed by atoms with van der Waals surface area (Å²) in [5.74, 6) is -1.72. The SMILES string of the molecule is CN(C(=O)CCc1cccc(F)c1F)C1CCNCC1. The molecule has 0 spiro atoms. The molecule has 1 fully saturated rings. The number of piperidine rings is 1. The molecule has 0 atom stereocenters. The summed E-state index contributed by atoms with van der Waals surface area (Å²) in [6, 6.07) is 4.33. The van der Waals surface area contributed by atoms with Gasteiger partial charge < -0.3 is 10.2 Å². The van der Waals surface area contributed by atoms with Gasteiger partial charge in [-0.1, -0.05) is 12.1 Å². The number of halogens is 2. The van der Waals surface area contributed by atoms with Crippen LogP contribution in [0.5, 0.6) is 0 Å². The number of carbonyl (C=O) groups is 1. The molecule has 20 heavy (non-hydrogen) atoms. The third-order valence-electron chi connectivity index (χ3n) is 3.89. The van der Waals surface area contributed by atoms with Crippen LogP contribution in [-0.2, 0) is 11.2 Å². The molecule has 1 aliphatic rings. The van der Waals surface area contributed by atoms with Crippen molar-refractivity contribution in [1.29, 1.82) is 0 Å². The van der Waals surface area contributed by atoms with E-state index in [0.717, 1.165) is 32.0 Å². The molecule has 1 amide bonds. The third kappa shape index (κ3) is 3.54. The lowest BCUT2D eigenvalue weighted by atomic mass is 10.0. The number of amides is 1. The minimum atomic E-state index is -0.860. The van der Waals surface area contributed by atoms with Crippen molar-refractivity contribution in [1.82, 2.24) is 10.2 Å². The zero-order valence-corrected chi connectivity index (χ0v) is 11.7. The van der Waals surface area contributed by atoms with Crippen LogP contribution in [0.15, 0.2) is 18.2 Å². The molecule has 1 aliphatic heterocycles. The Morgan fingerprint density at radius 1 is 1.35 bits per heavy atom.